The van der Waals surface area contributed by atoms with E-state index < -0.39 is 0 Å². The van der Waals surface area contributed by atoms with Gasteiger partial charge in [0.1, 0.15) is 0 Å². The number of amides is 1. The Morgan fingerprint density at radius 3 is 2.24 bits per heavy atom. The van der Waals surface area contributed by atoms with Crippen molar-refractivity contribution in [1.82, 2.24) is 9.88 Å². The minimum atomic E-state index is -0.0133. The molecule has 3 aromatic rings. The number of carbonyl (C=O) groups excluding carboxylic acids is 1. The van der Waals surface area contributed by atoms with Crippen molar-refractivity contribution in [2.45, 2.75) is 13.8 Å². The average Bonchev–Trinajstić information content (AvgIpc) is 3.05. The Morgan fingerprint density at radius 2 is 1.66 bits per heavy atom. The quantitative estimate of drug-likeness (QED) is 0.570. The van der Waals surface area contributed by atoms with Gasteiger partial charge in [-0.2, -0.15) is 0 Å². The molecule has 0 saturated heterocycles. The van der Waals surface area contributed by atoms with E-state index in [0.717, 1.165) is 27.6 Å². The molecule has 0 N–H and O–H groups in total. The zero-order valence-electron chi connectivity index (χ0n) is 17.9. The summed E-state index contributed by atoms with van der Waals surface area (Å²) in [6, 6.07) is 12.0. The summed E-state index contributed by atoms with van der Waals surface area (Å²) in [4.78, 5) is 24.0. The maximum absolute atomic E-state index is 13.3. The minimum Gasteiger partial charge on any atom is -0.378 e. The number of aryl methyl sites for hydroxylation is 2. The van der Waals surface area contributed by atoms with Crippen molar-refractivity contribution in [3.8, 4) is 0 Å². The molecule has 0 radical (unpaired) electrons. The number of anilines is 2. The van der Waals surface area contributed by atoms with Crippen LogP contribution in [0.15, 0.2) is 36.4 Å². The van der Waals surface area contributed by atoms with E-state index in [1.165, 1.54) is 11.1 Å². The number of likely N-dealkylation sites (N-methyl/N-ethyl adjacent to an activating group) is 1. The number of halogens is 1. The van der Waals surface area contributed by atoms with Crippen LogP contribution in [0.25, 0.3) is 10.2 Å². The largest absolute Gasteiger partial charge is 0.378 e. The predicted molar refractivity (Wildman–Crippen MR) is 127 cm³/mol. The number of benzene rings is 2. The summed E-state index contributed by atoms with van der Waals surface area (Å²) in [5.74, 6) is -0.0133. The van der Waals surface area contributed by atoms with Gasteiger partial charge in [-0.15, -0.1) is 12.4 Å². The van der Waals surface area contributed by atoms with E-state index in [4.69, 9.17) is 4.98 Å². The molecule has 1 aromatic heterocycles. The zero-order valence-corrected chi connectivity index (χ0v) is 19.5. The van der Waals surface area contributed by atoms with Crippen LogP contribution in [0.4, 0.5) is 10.8 Å². The fourth-order valence-electron chi connectivity index (χ4n) is 3.12. The first-order valence-corrected chi connectivity index (χ1v) is 10.2. The summed E-state index contributed by atoms with van der Waals surface area (Å²) in [5.41, 5.74) is 5.10. The Bertz CT molecular complexity index is 982. The van der Waals surface area contributed by atoms with E-state index in [0.29, 0.717) is 12.1 Å². The maximum atomic E-state index is 13.3. The topological polar surface area (TPSA) is 39.7 Å². The molecule has 7 heteroatoms. The monoisotopic (exact) mass is 432 g/mol. The van der Waals surface area contributed by atoms with Crippen molar-refractivity contribution < 1.29 is 4.79 Å². The van der Waals surface area contributed by atoms with Crippen molar-refractivity contribution >= 4 is 50.7 Å². The Balaban J connectivity index is 0.00000300. The van der Waals surface area contributed by atoms with Gasteiger partial charge in [-0.1, -0.05) is 17.4 Å². The van der Waals surface area contributed by atoms with E-state index in [2.05, 4.69) is 30.9 Å². The molecular formula is C22H29ClN4OS. The second-order valence-corrected chi connectivity index (χ2v) is 8.61. The normalized spacial score (nSPS) is 10.9. The smallest absolute Gasteiger partial charge is 0.260 e. The predicted octanol–water partition coefficient (Wildman–Crippen LogP) is 4.61. The molecule has 0 saturated carbocycles. The lowest BCUT2D eigenvalue weighted by molar-refractivity contribution is 0.0985. The number of thiazole rings is 1. The van der Waals surface area contributed by atoms with Gasteiger partial charge in [0.05, 0.1) is 10.2 Å². The minimum absolute atomic E-state index is 0. The van der Waals surface area contributed by atoms with Gasteiger partial charge in [-0.25, -0.2) is 4.98 Å². The van der Waals surface area contributed by atoms with Crippen LogP contribution in [0.3, 0.4) is 0 Å². The van der Waals surface area contributed by atoms with Crippen LogP contribution in [-0.2, 0) is 0 Å². The highest BCUT2D eigenvalue weighted by atomic mass is 35.5. The van der Waals surface area contributed by atoms with E-state index in [1.54, 1.807) is 11.3 Å². The summed E-state index contributed by atoms with van der Waals surface area (Å²) >= 11 is 1.59. The lowest BCUT2D eigenvalue weighted by atomic mass is 10.1. The third-order valence-electron chi connectivity index (χ3n) is 4.69. The van der Waals surface area contributed by atoms with E-state index in [9.17, 15) is 4.79 Å². The first kappa shape index (κ1) is 23.1. The molecule has 3 rings (SSSR count). The molecular weight excluding hydrogens is 404 g/mol. The molecule has 29 heavy (non-hydrogen) atoms. The Morgan fingerprint density at radius 1 is 1.00 bits per heavy atom. The molecule has 0 aliphatic heterocycles. The molecule has 0 fully saturated rings. The molecule has 0 aliphatic rings. The van der Waals surface area contributed by atoms with Crippen molar-refractivity contribution in [3.63, 3.8) is 0 Å². The summed E-state index contributed by atoms with van der Waals surface area (Å²) in [7, 11) is 8.01. The van der Waals surface area contributed by atoms with Crippen LogP contribution in [-0.4, -0.2) is 57.1 Å². The van der Waals surface area contributed by atoms with Crippen molar-refractivity contribution in [3.05, 3.63) is 53.1 Å². The lowest BCUT2D eigenvalue weighted by Gasteiger charge is -2.22. The van der Waals surface area contributed by atoms with Crippen LogP contribution in [0.1, 0.15) is 21.5 Å². The summed E-state index contributed by atoms with van der Waals surface area (Å²) in [6.07, 6.45) is 0. The molecule has 156 valence electrons. The van der Waals surface area contributed by atoms with E-state index in [-0.39, 0.29) is 18.3 Å². The first-order valence-electron chi connectivity index (χ1n) is 9.38. The second-order valence-electron chi connectivity index (χ2n) is 7.63. The number of nitrogens with zero attached hydrogens (tertiary/aromatic N) is 4. The van der Waals surface area contributed by atoms with Gasteiger partial charge in [0.15, 0.2) is 5.13 Å². The number of hydrogen-bond donors (Lipinski definition) is 0. The number of hydrogen-bond acceptors (Lipinski definition) is 5. The van der Waals surface area contributed by atoms with Crippen LogP contribution in [0.2, 0.25) is 0 Å². The first-order chi connectivity index (χ1) is 13.3. The zero-order chi connectivity index (χ0) is 20.4. The van der Waals surface area contributed by atoms with Crippen molar-refractivity contribution in [1.29, 1.82) is 0 Å². The number of rotatable bonds is 6. The summed E-state index contributed by atoms with van der Waals surface area (Å²) in [5, 5.41) is 0.757. The molecule has 0 spiro atoms. The lowest BCUT2D eigenvalue weighted by Crippen LogP contribution is -2.36. The molecule has 5 nitrogen and oxygen atoms in total. The van der Waals surface area contributed by atoms with Crippen LogP contribution in [0, 0.1) is 13.8 Å². The van der Waals surface area contributed by atoms with E-state index >= 15 is 0 Å². The fraction of sp³-hybridized carbons (Fsp3) is 0.364. The second kappa shape index (κ2) is 9.57. The van der Waals surface area contributed by atoms with Gasteiger partial charge in [-0.3, -0.25) is 9.69 Å². The van der Waals surface area contributed by atoms with Gasteiger partial charge in [0.25, 0.3) is 5.91 Å². The van der Waals surface area contributed by atoms with E-state index in [1.807, 2.05) is 62.3 Å². The highest BCUT2D eigenvalue weighted by molar-refractivity contribution is 7.22. The number of fused-ring (bicyclic) bond motifs is 1. The Labute approximate surface area is 183 Å². The van der Waals surface area contributed by atoms with Crippen LogP contribution >= 0.6 is 23.7 Å². The maximum Gasteiger partial charge on any atom is 0.260 e. The van der Waals surface area contributed by atoms with Gasteiger partial charge in [-0.05, 0) is 69.4 Å². The Kier molecular flexibility index (Phi) is 7.63. The van der Waals surface area contributed by atoms with Crippen LogP contribution < -0.4 is 9.80 Å². The molecule has 1 heterocycles. The van der Waals surface area contributed by atoms with Gasteiger partial charge in [0.2, 0.25) is 0 Å². The van der Waals surface area contributed by atoms with Crippen molar-refractivity contribution in [2.24, 2.45) is 0 Å². The highest BCUT2D eigenvalue weighted by Crippen LogP contribution is 2.32. The molecule has 0 aliphatic carbocycles. The summed E-state index contributed by atoms with van der Waals surface area (Å²) < 4.78 is 1.14. The standard InChI is InChI=1S/C22H28N4OS.ClH/c1-15-13-16(2)20-19(14-15)23-22(28-20)26(12-11-24(3)4)21(27)17-7-9-18(10-8-17)25(5)6;/h7-10,13-14H,11-12H2,1-6H3;1H. The third-order valence-corrected chi connectivity index (χ3v) is 5.92. The molecule has 2 aromatic carbocycles. The number of carbonyl (C=O) groups is 1. The van der Waals surface area contributed by atoms with Gasteiger partial charge in [0, 0.05) is 38.4 Å². The molecule has 0 bridgehead atoms. The molecule has 0 atom stereocenters. The van der Waals surface area contributed by atoms with Crippen molar-refractivity contribution in [2.75, 3.05) is 51.1 Å². The highest BCUT2D eigenvalue weighted by Gasteiger charge is 2.22. The molecule has 1 amide bonds. The van der Waals surface area contributed by atoms with Crippen LogP contribution in [0.5, 0.6) is 0 Å². The Hall–Kier alpha value is -2.15. The average molecular weight is 433 g/mol. The summed E-state index contributed by atoms with van der Waals surface area (Å²) in [6.45, 7) is 5.55. The fourth-order valence-corrected chi connectivity index (χ4v) is 4.16. The SMILES string of the molecule is Cc1cc(C)c2sc(N(CCN(C)C)C(=O)c3ccc(N(C)C)cc3)nc2c1.Cl. The third kappa shape index (κ3) is 5.26. The number of aromatic nitrogens is 1. The van der Waals surface area contributed by atoms with Gasteiger partial charge >= 0.3 is 0 Å². The van der Waals surface area contributed by atoms with Gasteiger partial charge < -0.3 is 9.80 Å². The molecule has 0 unspecified atom stereocenters.